The summed E-state index contributed by atoms with van der Waals surface area (Å²) in [6, 6.07) is 23.2. The minimum Gasteiger partial charge on any atom is -0.460 e. The lowest BCUT2D eigenvalue weighted by Gasteiger charge is -2.25. The number of alkyl carbamates (subject to hydrolysis) is 1. The topological polar surface area (TPSA) is 123 Å². The van der Waals surface area contributed by atoms with Crippen LogP contribution < -0.4 is 16.0 Å². The zero-order chi connectivity index (χ0) is 30.8. The fourth-order valence-electron chi connectivity index (χ4n) is 5.11. The van der Waals surface area contributed by atoms with Crippen LogP contribution in [0.15, 0.2) is 91.5 Å². The normalized spacial score (nSPS) is 13.2. The Labute approximate surface area is 251 Å². The number of amides is 3. The molecule has 0 saturated heterocycles. The summed E-state index contributed by atoms with van der Waals surface area (Å²) in [5.74, 6) is -2.17. The molecule has 9 heteroatoms. The molecule has 1 aliphatic carbocycles. The van der Waals surface area contributed by atoms with Crippen LogP contribution in [-0.2, 0) is 30.3 Å². The summed E-state index contributed by atoms with van der Waals surface area (Å²) in [6.07, 6.45) is 0.869. The van der Waals surface area contributed by atoms with Crippen LogP contribution in [0.4, 0.5) is 4.79 Å². The smallest absolute Gasteiger partial charge is 0.407 e. The van der Waals surface area contributed by atoms with Crippen molar-refractivity contribution in [3.05, 3.63) is 108 Å². The van der Waals surface area contributed by atoms with Crippen molar-refractivity contribution in [3.8, 4) is 11.1 Å². The van der Waals surface area contributed by atoms with Gasteiger partial charge in [0.2, 0.25) is 11.8 Å². The third-order valence-electron chi connectivity index (χ3n) is 7.25. The zero-order valence-corrected chi connectivity index (χ0v) is 24.4. The molecular weight excluding hydrogens is 546 g/mol. The number of nitrogens with one attached hydrogen (secondary N) is 3. The number of rotatable bonds is 13. The van der Waals surface area contributed by atoms with Crippen molar-refractivity contribution in [2.75, 3.05) is 19.8 Å². The summed E-state index contributed by atoms with van der Waals surface area (Å²) >= 11 is 0. The molecule has 9 nitrogen and oxygen atoms in total. The minimum absolute atomic E-state index is 0.0243. The van der Waals surface area contributed by atoms with Gasteiger partial charge in [-0.05, 0) is 33.7 Å². The Hall–Kier alpha value is -4.92. The number of ether oxygens (including phenoxy) is 2. The Balaban J connectivity index is 1.40. The maximum absolute atomic E-state index is 13.4. The molecule has 0 bridgehead atoms. The summed E-state index contributed by atoms with van der Waals surface area (Å²) in [7, 11) is 0. The van der Waals surface area contributed by atoms with Gasteiger partial charge in [0.25, 0.3) is 0 Å². The van der Waals surface area contributed by atoms with Gasteiger partial charge in [-0.3, -0.25) is 14.4 Å². The predicted molar refractivity (Wildman–Crippen MR) is 163 cm³/mol. The molecule has 4 rings (SSSR count). The zero-order valence-electron chi connectivity index (χ0n) is 24.4. The molecule has 0 aromatic heterocycles. The molecule has 1 aliphatic rings. The Morgan fingerprint density at radius 2 is 1.42 bits per heavy atom. The van der Waals surface area contributed by atoms with Gasteiger partial charge in [-0.1, -0.05) is 105 Å². The molecule has 3 amide bonds. The number of hydrogen-bond acceptors (Lipinski definition) is 6. The molecule has 0 heterocycles. The van der Waals surface area contributed by atoms with Gasteiger partial charge in [-0.2, -0.15) is 0 Å². The van der Waals surface area contributed by atoms with E-state index < -0.39 is 36.0 Å². The van der Waals surface area contributed by atoms with Gasteiger partial charge in [0, 0.05) is 12.3 Å². The number of fused-ring (bicyclic) bond motifs is 3. The predicted octanol–water partition coefficient (Wildman–Crippen LogP) is 4.12. The van der Waals surface area contributed by atoms with E-state index in [9.17, 15) is 19.2 Å². The molecule has 3 aromatic carbocycles. The maximum Gasteiger partial charge on any atom is 0.407 e. The van der Waals surface area contributed by atoms with Crippen LogP contribution in [0.1, 0.15) is 36.5 Å². The van der Waals surface area contributed by atoms with Gasteiger partial charge >= 0.3 is 12.1 Å². The lowest BCUT2D eigenvalue weighted by molar-refractivity contribution is -0.143. The number of carbonyl (C=O) groups excluding carboxylic acids is 4. The second-order valence-electron chi connectivity index (χ2n) is 10.6. The summed E-state index contributed by atoms with van der Waals surface area (Å²) in [5.41, 5.74) is 5.20. The first-order valence-electron chi connectivity index (χ1n) is 14.3. The van der Waals surface area contributed by atoms with Crippen LogP contribution in [0.2, 0.25) is 0 Å². The van der Waals surface area contributed by atoms with Crippen LogP contribution in [0.25, 0.3) is 11.1 Å². The maximum atomic E-state index is 13.4. The molecule has 3 aromatic rings. The van der Waals surface area contributed by atoms with Crippen molar-refractivity contribution in [1.29, 1.82) is 0 Å². The highest BCUT2D eigenvalue weighted by molar-refractivity contribution is 5.92. The second-order valence-corrected chi connectivity index (χ2v) is 10.6. The molecule has 0 unspecified atom stereocenters. The number of benzene rings is 3. The minimum atomic E-state index is -1.01. The Bertz CT molecular complexity index is 1410. The van der Waals surface area contributed by atoms with Crippen LogP contribution in [0.5, 0.6) is 0 Å². The Morgan fingerprint density at radius 3 is 2.02 bits per heavy atom. The molecular formula is C34H37N3O6. The van der Waals surface area contributed by atoms with Crippen molar-refractivity contribution >= 4 is 23.9 Å². The van der Waals surface area contributed by atoms with E-state index >= 15 is 0 Å². The van der Waals surface area contributed by atoms with E-state index in [4.69, 9.17) is 9.47 Å². The van der Waals surface area contributed by atoms with E-state index in [0.29, 0.717) is 0 Å². The first-order chi connectivity index (χ1) is 20.8. The van der Waals surface area contributed by atoms with E-state index in [1.807, 2.05) is 66.7 Å². The molecule has 0 spiro atoms. The molecule has 0 radical (unpaired) electrons. The molecule has 2 atom stereocenters. The van der Waals surface area contributed by atoms with Gasteiger partial charge in [-0.15, -0.1) is 0 Å². The van der Waals surface area contributed by atoms with E-state index in [-0.39, 0.29) is 38.0 Å². The highest BCUT2D eigenvalue weighted by atomic mass is 16.5. The molecule has 0 aliphatic heterocycles. The van der Waals surface area contributed by atoms with Gasteiger partial charge in [0.1, 0.15) is 31.8 Å². The van der Waals surface area contributed by atoms with Gasteiger partial charge in [0.15, 0.2) is 0 Å². The molecule has 224 valence electrons. The van der Waals surface area contributed by atoms with Crippen molar-refractivity contribution in [1.82, 2.24) is 16.0 Å². The van der Waals surface area contributed by atoms with Crippen molar-refractivity contribution < 1.29 is 28.7 Å². The average molecular weight is 584 g/mol. The van der Waals surface area contributed by atoms with Crippen LogP contribution in [0, 0.1) is 5.92 Å². The van der Waals surface area contributed by atoms with Crippen LogP contribution >= 0.6 is 0 Å². The monoisotopic (exact) mass is 583 g/mol. The standard InChI is InChI=1S/C34H37N3O6/c1-4-18-42-30(38)20-35-32(39)29(19-23-12-6-5-7-13-23)36-33(40)31(22(2)3)37-34(41)43-21-28-26-16-10-8-14-24(26)25-15-9-11-17-27(25)28/h4-17,22,28-29,31H,1,18-21H2,2-3H3,(H,35,39)(H,36,40)(H,37,41)/t29-,31-/m0/s1. The fraction of sp³-hybridized carbons (Fsp3) is 0.294. The second kappa shape index (κ2) is 14.8. The van der Waals surface area contributed by atoms with Crippen molar-refractivity contribution in [2.45, 2.75) is 38.3 Å². The van der Waals surface area contributed by atoms with E-state index in [0.717, 1.165) is 27.8 Å². The van der Waals surface area contributed by atoms with Crippen LogP contribution in [-0.4, -0.2) is 55.7 Å². The largest absolute Gasteiger partial charge is 0.460 e. The highest BCUT2D eigenvalue weighted by Gasteiger charge is 2.32. The van der Waals surface area contributed by atoms with Gasteiger partial charge in [0.05, 0.1) is 0 Å². The average Bonchev–Trinajstić information content (AvgIpc) is 3.33. The summed E-state index contributed by atoms with van der Waals surface area (Å²) < 4.78 is 10.6. The van der Waals surface area contributed by atoms with E-state index in [2.05, 4.69) is 34.7 Å². The molecule has 0 saturated carbocycles. The Morgan fingerprint density at radius 1 is 0.814 bits per heavy atom. The van der Waals surface area contributed by atoms with Gasteiger partial charge in [-0.25, -0.2) is 4.79 Å². The van der Waals surface area contributed by atoms with Crippen molar-refractivity contribution in [3.63, 3.8) is 0 Å². The number of carbonyl (C=O) groups is 4. The molecule has 43 heavy (non-hydrogen) atoms. The summed E-state index contributed by atoms with van der Waals surface area (Å²) in [5, 5.41) is 7.95. The summed E-state index contributed by atoms with van der Waals surface area (Å²) in [4.78, 5) is 51.3. The first-order valence-corrected chi connectivity index (χ1v) is 14.3. The van der Waals surface area contributed by atoms with Gasteiger partial charge < -0.3 is 25.4 Å². The first kappa shape index (κ1) is 31.0. The third kappa shape index (κ3) is 8.09. The third-order valence-corrected chi connectivity index (χ3v) is 7.25. The lowest BCUT2D eigenvalue weighted by Crippen LogP contribution is -2.56. The van der Waals surface area contributed by atoms with E-state index in [1.54, 1.807) is 13.8 Å². The van der Waals surface area contributed by atoms with Crippen LogP contribution in [0.3, 0.4) is 0 Å². The quantitative estimate of drug-likeness (QED) is 0.206. The summed E-state index contributed by atoms with van der Waals surface area (Å²) in [6.45, 7) is 6.83. The highest BCUT2D eigenvalue weighted by Crippen LogP contribution is 2.44. The molecule has 0 fully saturated rings. The number of esters is 1. The van der Waals surface area contributed by atoms with E-state index in [1.165, 1.54) is 6.08 Å². The Kier molecular flexibility index (Phi) is 10.7. The lowest BCUT2D eigenvalue weighted by atomic mass is 9.98. The number of hydrogen-bond donors (Lipinski definition) is 3. The SMILES string of the molecule is C=CCOC(=O)CNC(=O)[C@H](Cc1ccccc1)NC(=O)[C@@H](NC(=O)OCC1c2ccccc2-c2ccccc21)C(C)C. The molecule has 3 N–H and O–H groups in total. The fourth-order valence-corrected chi connectivity index (χ4v) is 5.11. The van der Waals surface area contributed by atoms with Crippen molar-refractivity contribution in [2.24, 2.45) is 5.92 Å².